The zero-order valence-electron chi connectivity index (χ0n) is 11.7. The second-order valence-corrected chi connectivity index (χ2v) is 6.04. The number of hydrogen-bond donors (Lipinski definition) is 2. The first kappa shape index (κ1) is 14.6. The summed E-state index contributed by atoms with van der Waals surface area (Å²) in [6.45, 7) is 6.74. The zero-order chi connectivity index (χ0) is 14.9. The molecule has 0 aliphatic carbocycles. The highest BCUT2D eigenvalue weighted by Crippen LogP contribution is 2.22. The molecule has 20 heavy (non-hydrogen) atoms. The summed E-state index contributed by atoms with van der Waals surface area (Å²) in [5.74, 6) is 0.792. The molecule has 1 aromatic heterocycles. The molecule has 0 atom stereocenters. The molecule has 1 aliphatic heterocycles. The Hall–Kier alpha value is -1.76. The quantitative estimate of drug-likeness (QED) is 0.802. The van der Waals surface area contributed by atoms with E-state index in [0.29, 0.717) is 24.1 Å². The van der Waals surface area contributed by atoms with Crippen molar-refractivity contribution in [1.29, 1.82) is 0 Å². The minimum atomic E-state index is -0.498. The number of anilines is 2. The maximum absolute atomic E-state index is 11.6. The van der Waals surface area contributed by atoms with Crippen LogP contribution in [0, 0.1) is 0 Å². The van der Waals surface area contributed by atoms with Crippen LogP contribution in [0.25, 0.3) is 0 Å². The number of hydrogen-bond acceptors (Lipinski definition) is 6. The molecule has 1 saturated heterocycles. The fourth-order valence-electron chi connectivity index (χ4n) is 1.82. The number of aromatic nitrogens is 2. The lowest BCUT2D eigenvalue weighted by Gasteiger charge is -2.40. The van der Waals surface area contributed by atoms with Crippen LogP contribution in [0.3, 0.4) is 0 Å². The van der Waals surface area contributed by atoms with Gasteiger partial charge in [-0.3, -0.25) is 0 Å². The van der Waals surface area contributed by atoms with Crippen molar-refractivity contribution in [3.05, 3.63) is 11.2 Å². The van der Waals surface area contributed by atoms with Crippen molar-refractivity contribution < 1.29 is 9.53 Å². The average molecular weight is 300 g/mol. The zero-order valence-corrected chi connectivity index (χ0v) is 12.4. The Morgan fingerprint density at radius 3 is 2.70 bits per heavy atom. The molecule has 1 aliphatic rings. The van der Waals surface area contributed by atoms with E-state index < -0.39 is 11.7 Å². The second-order valence-electron chi connectivity index (χ2n) is 5.66. The van der Waals surface area contributed by atoms with Gasteiger partial charge in [0.05, 0.1) is 6.04 Å². The SMILES string of the molecule is CC(C)(C)OC(=O)NC1CN(c2cc(Cl)nc(N)n2)C1. The molecule has 0 unspecified atom stereocenters. The Labute approximate surface area is 122 Å². The van der Waals surface area contributed by atoms with Gasteiger partial charge in [-0.25, -0.2) is 9.78 Å². The van der Waals surface area contributed by atoms with Crippen LogP contribution in [0.1, 0.15) is 20.8 Å². The van der Waals surface area contributed by atoms with Crippen LogP contribution >= 0.6 is 11.6 Å². The number of halogens is 1. The Morgan fingerprint density at radius 1 is 1.50 bits per heavy atom. The van der Waals surface area contributed by atoms with Gasteiger partial charge in [0.2, 0.25) is 5.95 Å². The molecule has 110 valence electrons. The summed E-state index contributed by atoms with van der Waals surface area (Å²) in [6, 6.07) is 1.67. The van der Waals surface area contributed by atoms with Crippen LogP contribution in [0.4, 0.5) is 16.6 Å². The maximum atomic E-state index is 11.6. The molecule has 1 amide bonds. The lowest BCUT2D eigenvalue weighted by molar-refractivity contribution is 0.0496. The second kappa shape index (κ2) is 5.32. The number of alkyl carbamates (subject to hydrolysis) is 1. The molecule has 7 nitrogen and oxygen atoms in total. The highest BCUT2D eigenvalue weighted by atomic mass is 35.5. The van der Waals surface area contributed by atoms with E-state index in [1.165, 1.54) is 0 Å². The molecule has 2 heterocycles. The minimum absolute atomic E-state index is 0.0276. The number of carbonyl (C=O) groups excluding carboxylic acids is 1. The highest BCUT2D eigenvalue weighted by Gasteiger charge is 2.30. The topological polar surface area (TPSA) is 93.4 Å². The number of amides is 1. The van der Waals surface area contributed by atoms with Gasteiger partial charge in [0, 0.05) is 19.2 Å². The summed E-state index contributed by atoms with van der Waals surface area (Å²) in [5.41, 5.74) is 5.04. The normalized spacial score (nSPS) is 15.7. The molecule has 3 N–H and O–H groups in total. The van der Waals surface area contributed by atoms with E-state index in [9.17, 15) is 4.79 Å². The van der Waals surface area contributed by atoms with Crippen LogP contribution in [-0.4, -0.2) is 40.8 Å². The number of carbonyl (C=O) groups is 1. The van der Waals surface area contributed by atoms with Crippen molar-refractivity contribution in [2.45, 2.75) is 32.4 Å². The lowest BCUT2D eigenvalue weighted by Crippen LogP contribution is -2.60. The minimum Gasteiger partial charge on any atom is -0.444 e. The third-order valence-electron chi connectivity index (χ3n) is 2.63. The molecule has 1 aromatic rings. The predicted molar refractivity (Wildman–Crippen MR) is 76.8 cm³/mol. The molecule has 1 fully saturated rings. The molecule has 0 bridgehead atoms. The number of nitrogens with two attached hydrogens (primary N) is 1. The van der Waals surface area contributed by atoms with Crippen LogP contribution < -0.4 is 16.0 Å². The summed E-state index contributed by atoms with van der Waals surface area (Å²) in [4.78, 5) is 21.4. The van der Waals surface area contributed by atoms with Gasteiger partial charge in [0.15, 0.2) is 0 Å². The summed E-state index contributed by atoms with van der Waals surface area (Å²) < 4.78 is 5.19. The summed E-state index contributed by atoms with van der Waals surface area (Å²) in [6.07, 6.45) is -0.414. The van der Waals surface area contributed by atoms with E-state index in [2.05, 4.69) is 15.3 Å². The average Bonchev–Trinajstić information content (AvgIpc) is 2.18. The number of rotatable bonds is 2. The monoisotopic (exact) mass is 299 g/mol. The van der Waals surface area contributed by atoms with E-state index in [1.54, 1.807) is 6.07 Å². The van der Waals surface area contributed by atoms with Gasteiger partial charge >= 0.3 is 6.09 Å². The molecule has 0 saturated carbocycles. The van der Waals surface area contributed by atoms with Crippen LogP contribution in [0.5, 0.6) is 0 Å². The van der Waals surface area contributed by atoms with Crippen molar-refractivity contribution in [2.75, 3.05) is 23.7 Å². The molecular weight excluding hydrogens is 282 g/mol. The Morgan fingerprint density at radius 2 is 2.15 bits per heavy atom. The lowest BCUT2D eigenvalue weighted by atomic mass is 10.1. The standard InChI is InChI=1S/C12H18ClN5O2/c1-12(2,3)20-11(19)15-7-5-18(6-7)9-4-8(13)16-10(14)17-9/h4,7H,5-6H2,1-3H3,(H,15,19)(H2,14,16,17). The fourth-order valence-corrected chi connectivity index (χ4v) is 2.00. The van der Waals surface area contributed by atoms with E-state index in [-0.39, 0.29) is 12.0 Å². The van der Waals surface area contributed by atoms with Gasteiger partial charge in [-0.15, -0.1) is 0 Å². The van der Waals surface area contributed by atoms with Gasteiger partial charge < -0.3 is 20.7 Å². The van der Waals surface area contributed by atoms with Crippen molar-refractivity contribution in [3.63, 3.8) is 0 Å². The van der Waals surface area contributed by atoms with Gasteiger partial charge in [-0.1, -0.05) is 11.6 Å². The Bertz CT molecular complexity index is 491. The van der Waals surface area contributed by atoms with E-state index in [4.69, 9.17) is 22.1 Å². The van der Waals surface area contributed by atoms with E-state index >= 15 is 0 Å². The third kappa shape index (κ3) is 3.86. The number of ether oxygens (including phenoxy) is 1. The first-order chi connectivity index (χ1) is 9.23. The number of nitrogens with one attached hydrogen (secondary N) is 1. The van der Waals surface area contributed by atoms with Crippen molar-refractivity contribution >= 4 is 29.5 Å². The first-order valence-corrected chi connectivity index (χ1v) is 6.65. The van der Waals surface area contributed by atoms with Crippen molar-refractivity contribution in [3.8, 4) is 0 Å². The van der Waals surface area contributed by atoms with Gasteiger partial charge in [-0.05, 0) is 20.8 Å². The van der Waals surface area contributed by atoms with E-state index in [0.717, 1.165) is 0 Å². The van der Waals surface area contributed by atoms with Crippen LogP contribution in [0.15, 0.2) is 6.07 Å². The number of nitrogens with zero attached hydrogens (tertiary/aromatic N) is 3. The van der Waals surface area contributed by atoms with E-state index in [1.807, 2.05) is 25.7 Å². The first-order valence-electron chi connectivity index (χ1n) is 6.27. The predicted octanol–water partition coefficient (Wildman–Crippen LogP) is 1.43. The van der Waals surface area contributed by atoms with Gasteiger partial charge in [-0.2, -0.15) is 4.98 Å². The summed E-state index contributed by atoms with van der Waals surface area (Å²) in [7, 11) is 0. The molecule has 0 spiro atoms. The smallest absolute Gasteiger partial charge is 0.407 e. The summed E-state index contributed by atoms with van der Waals surface area (Å²) in [5, 5.41) is 3.09. The van der Waals surface area contributed by atoms with Crippen LogP contribution in [0.2, 0.25) is 5.15 Å². The fraction of sp³-hybridized carbons (Fsp3) is 0.583. The third-order valence-corrected chi connectivity index (χ3v) is 2.82. The Kier molecular flexibility index (Phi) is 3.89. The largest absolute Gasteiger partial charge is 0.444 e. The molecule has 8 heteroatoms. The molecular formula is C12H18ClN5O2. The van der Waals surface area contributed by atoms with Gasteiger partial charge in [0.1, 0.15) is 16.6 Å². The van der Waals surface area contributed by atoms with Crippen LogP contribution in [-0.2, 0) is 4.74 Å². The van der Waals surface area contributed by atoms with Crippen molar-refractivity contribution in [2.24, 2.45) is 0 Å². The molecule has 2 rings (SSSR count). The summed E-state index contributed by atoms with van der Waals surface area (Å²) >= 11 is 5.82. The molecule has 0 aromatic carbocycles. The molecule has 0 radical (unpaired) electrons. The Balaban J connectivity index is 1.84. The number of nitrogen functional groups attached to an aromatic ring is 1. The maximum Gasteiger partial charge on any atom is 0.407 e. The highest BCUT2D eigenvalue weighted by molar-refractivity contribution is 6.29. The van der Waals surface area contributed by atoms with Crippen molar-refractivity contribution in [1.82, 2.24) is 15.3 Å². The van der Waals surface area contributed by atoms with Gasteiger partial charge in [0.25, 0.3) is 0 Å².